The molecule has 0 spiro atoms. The van der Waals surface area contributed by atoms with Crippen LogP contribution in [0.3, 0.4) is 0 Å². The lowest BCUT2D eigenvalue weighted by atomic mass is 10.2. The Bertz CT molecular complexity index is 409. The van der Waals surface area contributed by atoms with Crippen LogP contribution in [0.2, 0.25) is 0 Å². The number of nitrogens with zero attached hydrogens (tertiary/aromatic N) is 2. The van der Waals surface area contributed by atoms with E-state index in [-0.39, 0.29) is 6.61 Å². The molecule has 0 fully saturated rings. The van der Waals surface area contributed by atoms with Crippen LogP contribution in [0, 0.1) is 17.2 Å². The fourth-order valence-corrected chi connectivity index (χ4v) is 1.93. The van der Waals surface area contributed by atoms with Crippen molar-refractivity contribution in [3.05, 3.63) is 29.8 Å². The van der Waals surface area contributed by atoms with Gasteiger partial charge in [0.05, 0.1) is 11.6 Å². The summed E-state index contributed by atoms with van der Waals surface area (Å²) in [6.45, 7) is 6.10. The van der Waals surface area contributed by atoms with Gasteiger partial charge in [0.2, 0.25) is 0 Å². The van der Waals surface area contributed by atoms with E-state index in [1.165, 1.54) is 0 Å². The van der Waals surface area contributed by atoms with Crippen LogP contribution in [0.25, 0.3) is 0 Å². The van der Waals surface area contributed by atoms with Gasteiger partial charge in [-0.05, 0) is 37.2 Å². The summed E-state index contributed by atoms with van der Waals surface area (Å²) >= 11 is 0. The minimum atomic E-state index is -0.514. The lowest BCUT2D eigenvalue weighted by Crippen LogP contribution is -2.35. The van der Waals surface area contributed by atoms with Gasteiger partial charge in [0, 0.05) is 13.1 Å². The highest BCUT2D eigenvalue weighted by atomic mass is 16.5. The molecule has 0 aliphatic rings. The van der Waals surface area contributed by atoms with Gasteiger partial charge in [-0.3, -0.25) is 0 Å². The Hall–Kier alpha value is -1.57. The molecule has 0 saturated carbocycles. The lowest BCUT2D eigenvalue weighted by molar-refractivity contribution is 0.0732. The van der Waals surface area contributed by atoms with Gasteiger partial charge < -0.3 is 14.7 Å². The van der Waals surface area contributed by atoms with E-state index in [2.05, 4.69) is 24.8 Å². The fourth-order valence-electron chi connectivity index (χ4n) is 1.93. The van der Waals surface area contributed by atoms with E-state index >= 15 is 0 Å². The van der Waals surface area contributed by atoms with E-state index < -0.39 is 6.10 Å². The number of rotatable bonds is 7. The van der Waals surface area contributed by atoms with Crippen molar-refractivity contribution in [1.82, 2.24) is 4.90 Å². The maximum Gasteiger partial charge on any atom is 0.119 e. The molecule has 1 N–H and O–H groups in total. The molecular formula is C15H22N2O2. The number of hydrogen-bond acceptors (Lipinski definition) is 4. The quantitative estimate of drug-likeness (QED) is 0.815. The van der Waals surface area contributed by atoms with Crippen LogP contribution < -0.4 is 4.74 Å². The summed E-state index contributed by atoms with van der Waals surface area (Å²) < 4.78 is 5.49. The predicted molar refractivity (Wildman–Crippen MR) is 75.0 cm³/mol. The Morgan fingerprint density at radius 3 is 2.42 bits per heavy atom. The maximum absolute atomic E-state index is 9.88. The van der Waals surface area contributed by atoms with E-state index in [1.807, 2.05) is 7.05 Å². The molecule has 1 aromatic carbocycles. The molecule has 0 aromatic heterocycles. The number of aliphatic hydroxyl groups is 1. The second-order valence-electron chi connectivity index (χ2n) is 5.22. The number of benzene rings is 1. The molecule has 0 bridgehead atoms. The van der Waals surface area contributed by atoms with Crippen molar-refractivity contribution < 1.29 is 9.84 Å². The molecular weight excluding hydrogens is 240 g/mol. The molecule has 104 valence electrons. The third-order valence-corrected chi connectivity index (χ3v) is 2.63. The van der Waals surface area contributed by atoms with Gasteiger partial charge >= 0.3 is 0 Å². The van der Waals surface area contributed by atoms with E-state index in [4.69, 9.17) is 10.00 Å². The Kier molecular flexibility index (Phi) is 6.34. The minimum absolute atomic E-state index is 0.258. The molecule has 1 atom stereocenters. The molecule has 0 amide bonds. The highest BCUT2D eigenvalue weighted by Gasteiger charge is 2.10. The minimum Gasteiger partial charge on any atom is -0.491 e. The molecule has 1 aromatic rings. The van der Waals surface area contributed by atoms with Gasteiger partial charge in [0.25, 0.3) is 0 Å². The number of nitriles is 1. The molecule has 4 heteroatoms. The largest absolute Gasteiger partial charge is 0.491 e. The molecule has 0 aliphatic carbocycles. The average Bonchev–Trinajstić information content (AvgIpc) is 2.36. The number of ether oxygens (including phenoxy) is 1. The average molecular weight is 262 g/mol. The second-order valence-corrected chi connectivity index (χ2v) is 5.22. The topological polar surface area (TPSA) is 56.5 Å². The molecule has 0 saturated heterocycles. The van der Waals surface area contributed by atoms with Crippen LogP contribution in [-0.4, -0.2) is 42.9 Å². The highest BCUT2D eigenvalue weighted by molar-refractivity contribution is 5.34. The van der Waals surface area contributed by atoms with Gasteiger partial charge in [-0.2, -0.15) is 5.26 Å². The normalized spacial score (nSPS) is 12.5. The zero-order chi connectivity index (χ0) is 14.3. The summed E-state index contributed by atoms with van der Waals surface area (Å²) in [6.07, 6.45) is -0.514. The molecule has 0 aliphatic heterocycles. The maximum atomic E-state index is 9.88. The second kappa shape index (κ2) is 7.78. The first-order valence-corrected chi connectivity index (χ1v) is 6.51. The van der Waals surface area contributed by atoms with E-state index in [0.29, 0.717) is 23.8 Å². The van der Waals surface area contributed by atoms with Gasteiger partial charge in [0.1, 0.15) is 18.5 Å². The fraction of sp³-hybridized carbons (Fsp3) is 0.533. The van der Waals surface area contributed by atoms with Crippen LogP contribution in [0.4, 0.5) is 0 Å². The highest BCUT2D eigenvalue weighted by Crippen LogP contribution is 2.11. The molecule has 1 unspecified atom stereocenters. The number of hydrogen-bond donors (Lipinski definition) is 1. The van der Waals surface area contributed by atoms with Crippen LogP contribution in [0.15, 0.2) is 24.3 Å². The Morgan fingerprint density at radius 2 is 1.89 bits per heavy atom. The van der Waals surface area contributed by atoms with Crippen LogP contribution in [0.5, 0.6) is 5.75 Å². The predicted octanol–water partition coefficient (Wildman–Crippen LogP) is 1.89. The van der Waals surface area contributed by atoms with Gasteiger partial charge in [0.15, 0.2) is 0 Å². The zero-order valence-electron chi connectivity index (χ0n) is 11.8. The van der Waals surface area contributed by atoms with Crippen molar-refractivity contribution in [1.29, 1.82) is 5.26 Å². The smallest absolute Gasteiger partial charge is 0.119 e. The van der Waals surface area contributed by atoms with Crippen molar-refractivity contribution in [2.24, 2.45) is 5.92 Å². The molecule has 19 heavy (non-hydrogen) atoms. The van der Waals surface area contributed by atoms with Crippen molar-refractivity contribution in [2.75, 3.05) is 26.7 Å². The monoisotopic (exact) mass is 262 g/mol. The van der Waals surface area contributed by atoms with Gasteiger partial charge in [-0.15, -0.1) is 0 Å². The van der Waals surface area contributed by atoms with Crippen LogP contribution in [0.1, 0.15) is 19.4 Å². The summed E-state index contributed by atoms with van der Waals surface area (Å²) in [5, 5.41) is 18.6. The Morgan fingerprint density at radius 1 is 1.26 bits per heavy atom. The summed E-state index contributed by atoms with van der Waals surface area (Å²) in [4.78, 5) is 2.09. The third-order valence-electron chi connectivity index (χ3n) is 2.63. The van der Waals surface area contributed by atoms with Crippen molar-refractivity contribution >= 4 is 0 Å². The van der Waals surface area contributed by atoms with Gasteiger partial charge in [-0.1, -0.05) is 13.8 Å². The van der Waals surface area contributed by atoms with Crippen molar-refractivity contribution in [2.45, 2.75) is 20.0 Å². The lowest BCUT2D eigenvalue weighted by Gasteiger charge is -2.22. The van der Waals surface area contributed by atoms with E-state index in [9.17, 15) is 5.11 Å². The zero-order valence-corrected chi connectivity index (χ0v) is 11.8. The molecule has 4 nitrogen and oxygen atoms in total. The standard InChI is InChI=1S/C15H22N2O2/c1-12(2)9-17(3)10-14(18)11-19-15-6-4-13(8-16)5-7-15/h4-7,12,14,18H,9-11H2,1-3H3. The third kappa shape index (κ3) is 6.23. The SMILES string of the molecule is CC(C)CN(C)CC(O)COc1ccc(C#N)cc1. The first-order chi connectivity index (χ1) is 9.01. The van der Waals surface area contributed by atoms with Crippen LogP contribution >= 0.6 is 0 Å². The van der Waals surface area contributed by atoms with Crippen LogP contribution in [-0.2, 0) is 0 Å². The molecule has 1 rings (SSSR count). The summed E-state index contributed by atoms with van der Waals surface area (Å²) in [6, 6.07) is 8.93. The van der Waals surface area contributed by atoms with Gasteiger partial charge in [-0.25, -0.2) is 0 Å². The van der Waals surface area contributed by atoms with Crippen molar-refractivity contribution in [3.8, 4) is 11.8 Å². The molecule has 0 radical (unpaired) electrons. The van der Waals surface area contributed by atoms with E-state index in [1.54, 1.807) is 24.3 Å². The first kappa shape index (κ1) is 15.5. The summed E-state index contributed by atoms with van der Waals surface area (Å²) in [5.41, 5.74) is 0.601. The summed E-state index contributed by atoms with van der Waals surface area (Å²) in [5.74, 6) is 1.25. The Balaban J connectivity index is 2.33. The summed E-state index contributed by atoms with van der Waals surface area (Å²) in [7, 11) is 1.99. The molecule has 0 heterocycles. The first-order valence-electron chi connectivity index (χ1n) is 6.51. The van der Waals surface area contributed by atoms with Crippen molar-refractivity contribution in [3.63, 3.8) is 0 Å². The number of likely N-dealkylation sites (N-methyl/N-ethyl adjacent to an activating group) is 1. The number of aliphatic hydroxyl groups excluding tert-OH is 1. The Labute approximate surface area is 115 Å². The van der Waals surface area contributed by atoms with E-state index in [0.717, 1.165) is 6.54 Å².